The van der Waals surface area contributed by atoms with Crippen LogP contribution in [0.2, 0.25) is 0 Å². The van der Waals surface area contributed by atoms with Crippen molar-refractivity contribution in [2.75, 3.05) is 13.7 Å². The summed E-state index contributed by atoms with van der Waals surface area (Å²) in [6.45, 7) is 0.323. The zero-order valence-corrected chi connectivity index (χ0v) is 12.1. The van der Waals surface area contributed by atoms with Crippen LogP contribution in [0.5, 0.6) is 0 Å². The number of nitrogens with one attached hydrogen (secondary N) is 1. The van der Waals surface area contributed by atoms with Crippen LogP contribution in [-0.2, 0) is 4.74 Å². The first-order valence-corrected chi connectivity index (χ1v) is 6.78. The molecule has 0 spiro atoms. The van der Waals surface area contributed by atoms with Crippen LogP contribution in [-0.4, -0.2) is 30.6 Å². The summed E-state index contributed by atoms with van der Waals surface area (Å²) < 4.78 is 9.48. The summed E-state index contributed by atoms with van der Waals surface area (Å²) in [5, 5.41) is 12.6. The third-order valence-corrected chi connectivity index (χ3v) is 3.20. The molecule has 0 saturated carbocycles. The second-order valence-electron chi connectivity index (χ2n) is 4.69. The maximum Gasteiger partial charge on any atom is 0.337 e. The molecule has 0 aliphatic carbocycles. The lowest BCUT2D eigenvalue weighted by Gasteiger charge is -2.09. The van der Waals surface area contributed by atoms with E-state index >= 15 is 0 Å². The van der Waals surface area contributed by atoms with Crippen molar-refractivity contribution in [2.45, 2.75) is 12.5 Å². The number of rotatable bonds is 6. The molecule has 1 amide bonds. The van der Waals surface area contributed by atoms with E-state index in [1.165, 1.54) is 31.8 Å². The monoisotopic (exact) mass is 303 g/mol. The number of methoxy groups -OCH3 is 1. The summed E-state index contributed by atoms with van der Waals surface area (Å²) in [5.41, 5.74) is 1.50. The molecule has 0 fully saturated rings. The minimum atomic E-state index is -0.680. The van der Waals surface area contributed by atoms with Gasteiger partial charge in [-0.15, -0.1) is 0 Å². The Morgan fingerprint density at radius 3 is 2.50 bits per heavy atom. The third kappa shape index (κ3) is 3.95. The maximum absolute atomic E-state index is 11.9. The van der Waals surface area contributed by atoms with Gasteiger partial charge in [-0.05, 0) is 36.8 Å². The van der Waals surface area contributed by atoms with E-state index in [0.29, 0.717) is 29.7 Å². The quantitative estimate of drug-likeness (QED) is 0.796. The Balaban J connectivity index is 1.83. The molecule has 2 aromatic rings. The summed E-state index contributed by atoms with van der Waals surface area (Å²) in [6, 6.07) is 7.84. The Labute approximate surface area is 127 Å². The van der Waals surface area contributed by atoms with Crippen molar-refractivity contribution < 1.29 is 23.8 Å². The number of ether oxygens (including phenoxy) is 1. The SMILES string of the molecule is COC(=O)c1ccc(C(=O)NCCC(O)c2ccoc2)cc1. The number of amides is 1. The van der Waals surface area contributed by atoms with Crippen LogP contribution in [0.1, 0.15) is 38.8 Å². The number of hydrogen-bond acceptors (Lipinski definition) is 5. The van der Waals surface area contributed by atoms with Crippen molar-refractivity contribution in [3.8, 4) is 0 Å². The zero-order chi connectivity index (χ0) is 15.9. The van der Waals surface area contributed by atoms with E-state index in [-0.39, 0.29) is 5.91 Å². The number of carbonyl (C=O) groups excluding carboxylic acids is 2. The lowest BCUT2D eigenvalue weighted by Crippen LogP contribution is -2.25. The van der Waals surface area contributed by atoms with Crippen LogP contribution in [0.3, 0.4) is 0 Å². The number of carbonyl (C=O) groups is 2. The van der Waals surface area contributed by atoms with Gasteiger partial charge in [0.05, 0.1) is 31.3 Å². The minimum Gasteiger partial charge on any atom is -0.472 e. The Morgan fingerprint density at radius 1 is 1.23 bits per heavy atom. The number of benzene rings is 1. The van der Waals surface area contributed by atoms with Gasteiger partial charge in [-0.3, -0.25) is 4.79 Å². The molecule has 0 radical (unpaired) electrons. The summed E-state index contributed by atoms with van der Waals surface area (Å²) in [5.74, 6) is -0.717. The molecule has 6 heteroatoms. The first-order chi connectivity index (χ1) is 10.6. The normalized spacial score (nSPS) is 11.7. The second kappa shape index (κ2) is 7.42. The second-order valence-corrected chi connectivity index (χ2v) is 4.69. The molecule has 2 N–H and O–H groups in total. The van der Waals surface area contributed by atoms with Gasteiger partial charge >= 0.3 is 5.97 Å². The van der Waals surface area contributed by atoms with Crippen LogP contribution >= 0.6 is 0 Å². The van der Waals surface area contributed by atoms with Gasteiger partial charge in [0.2, 0.25) is 0 Å². The molecule has 1 heterocycles. The molecule has 116 valence electrons. The number of esters is 1. The predicted molar refractivity (Wildman–Crippen MR) is 78.4 cm³/mol. The molecule has 22 heavy (non-hydrogen) atoms. The Hall–Kier alpha value is -2.60. The van der Waals surface area contributed by atoms with Crippen LogP contribution < -0.4 is 5.32 Å². The zero-order valence-electron chi connectivity index (χ0n) is 12.1. The van der Waals surface area contributed by atoms with E-state index < -0.39 is 12.1 Å². The summed E-state index contributed by atoms with van der Waals surface area (Å²) in [6.07, 6.45) is 2.66. The van der Waals surface area contributed by atoms with E-state index in [1.54, 1.807) is 18.2 Å². The van der Waals surface area contributed by atoms with E-state index in [9.17, 15) is 14.7 Å². The summed E-state index contributed by atoms with van der Waals surface area (Å²) in [4.78, 5) is 23.2. The lowest BCUT2D eigenvalue weighted by molar-refractivity contribution is 0.0600. The molecule has 2 rings (SSSR count). The largest absolute Gasteiger partial charge is 0.472 e. The first kappa shape index (κ1) is 15.8. The highest BCUT2D eigenvalue weighted by Gasteiger charge is 2.11. The van der Waals surface area contributed by atoms with Gasteiger partial charge < -0.3 is 19.6 Å². The van der Waals surface area contributed by atoms with Crippen LogP contribution in [0.15, 0.2) is 47.3 Å². The fraction of sp³-hybridized carbons (Fsp3) is 0.250. The molecule has 1 unspecified atom stereocenters. The Morgan fingerprint density at radius 2 is 1.91 bits per heavy atom. The molecule has 1 aromatic heterocycles. The van der Waals surface area contributed by atoms with Gasteiger partial charge in [-0.2, -0.15) is 0 Å². The fourth-order valence-corrected chi connectivity index (χ4v) is 1.93. The molecule has 0 aliphatic heterocycles. The number of hydrogen-bond donors (Lipinski definition) is 2. The van der Waals surface area contributed by atoms with Crippen LogP contribution in [0, 0.1) is 0 Å². The summed E-state index contributed by atoms with van der Waals surface area (Å²) in [7, 11) is 1.30. The van der Waals surface area contributed by atoms with Crippen molar-refractivity contribution in [2.24, 2.45) is 0 Å². The third-order valence-electron chi connectivity index (χ3n) is 3.20. The molecular formula is C16H17NO5. The molecule has 1 aromatic carbocycles. The molecule has 1 atom stereocenters. The lowest BCUT2D eigenvalue weighted by atomic mass is 10.1. The minimum absolute atomic E-state index is 0.268. The highest BCUT2D eigenvalue weighted by atomic mass is 16.5. The highest BCUT2D eigenvalue weighted by molar-refractivity contribution is 5.96. The van der Waals surface area contributed by atoms with Crippen LogP contribution in [0.25, 0.3) is 0 Å². The standard InChI is InChI=1S/C16H17NO5/c1-21-16(20)12-4-2-11(3-5-12)15(19)17-8-6-14(18)13-7-9-22-10-13/h2-5,7,9-10,14,18H,6,8H2,1H3,(H,17,19). The highest BCUT2D eigenvalue weighted by Crippen LogP contribution is 2.15. The van der Waals surface area contributed by atoms with Crippen molar-refractivity contribution in [3.63, 3.8) is 0 Å². The Kier molecular flexibility index (Phi) is 5.32. The smallest absolute Gasteiger partial charge is 0.337 e. The van der Waals surface area contributed by atoms with Crippen molar-refractivity contribution in [3.05, 3.63) is 59.5 Å². The van der Waals surface area contributed by atoms with Gasteiger partial charge in [0.15, 0.2) is 0 Å². The van der Waals surface area contributed by atoms with E-state index in [4.69, 9.17) is 4.42 Å². The molecule has 0 aliphatic rings. The maximum atomic E-state index is 11.9. The van der Waals surface area contributed by atoms with E-state index in [2.05, 4.69) is 10.1 Å². The van der Waals surface area contributed by atoms with E-state index in [0.717, 1.165) is 0 Å². The van der Waals surface area contributed by atoms with Gasteiger partial charge in [-0.25, -0.2) is 4.79 Å². The molecular weight excluding hydrogens is 286 g/mol. The van der Waals surface area contributed by atoms with E-state index in [1.807, 2.05) is 0 Å². The number of aliphatic hydroxyl groups is 1. The van der Waals surface area contributed by atoms with Crippen LogP contribution in [0.4, 0.5) is 0 Å². The topological polar surface area (TPSA) is 88.8 Å². The summed E-state index contributed by atoms with van der Waals surface area (Å²) >= 11 is 0. The van der Waals surface area contributed by atoms with Crippen molar-refractivity contribution in [1.82, 2.24) is 5.32 Å². The number of aliphatic hydroxyl groups excluding tert-OH is 1. The molecule has 0 bridgehead atoms. The Bertz CT molecular complexity index is 618. The average Bonchev–Trinajstić information content (AvgIpc) is 3.08. The van der Waals surface area contributed by atoms with Gasteiger partial charge in [0.1, 0.15) is 0 Å². The van der Waals surface area contributed by atoms with Gasteiger partial charge in [0, 0.05) is 17.7 Å². The molecule has 6 nitrogen and oxygen atoms in total. The first-order valence-electron chi connectivity index (χ1n) is 6.78. The van der Waals surface area contributed by atoms with Gasteiger partial charge in [-0.1, -0.05) is 0 Å². The molecule has 0 saturated heterocycles. The predicted octanol–water partition coefficient (Wildman–Crippen LogP) is 1.92. The average molecular weight is 303 g/mol. The van der Waals surface area contributed by atoms with Crippen molar-refractivity contribution >= 4 is 11.9 Å². The fourth-order valence-electron chi connectivity index (χ4n) is 1.93. The number of furan rings is 1. The van der Waals surface area contributed by atoms with Gasteiger partial charge in [0.25, 0.3) is 5.91 Å². The van der Waals surface area contributed by atoms with Crippen molar-refractivity contribution in [1.29, 1.82) is 0 Å².